The van der Waals surface area contributed by atoms with Gasteiger partial charge in [-0.25, -0.2) is 0 Å². The first kappa shape index (κ1) is 33.2. The first-order valence-corrected chi connectivity index (χ1v) is 20.9. The lowest BCUT2D eigenvalue weighted by molar-refractivity contribution is 0.265. The predicted molar refractivity (Wildman–Crippen MR) is 180 cm³/mol. The van der Waals surface area contributed by atoms with Gasteiger partial charge >= 0.3 is 0 Å². The van der Waals surface area contributed by atoms with Crippen molar-refractivity contribution in [3.8, 4) is 11.5 Å². The number of hydrogen-bond donors (Lipinski definition) is 1. The Labute approximate surface area is 248 Å². The van der Waals surface area contributed by atoms with Crippen LogP contribution in [0.25, 0.3) is 10.8 Å². The van der Waals surface area contributed by atoms with E-state index in [4.69, 9.17) is 8.85 Å². The van der Waals surface area contributed by atoms with E-state index in [-0.39, 0.29) is 16.4 Å². The van der Waals surface area contributed by atoms with Gasteiger partial charge in [-0.3, -0.25) is 0 Å². The van der Waals surface area contributed by atoms with Gasteiger partial charge in [-0.1, -0.05) is 83.1 Å². The van der Waals surface area contributed by atoms with Crippen molar-refractivity contribution in [2.45, 2.75) is 155 Å². The highest BCUT2D eigenvalue weighted by molar-refractivity contribution is 6.78. The summed E-state index contributed by atoms with van der Waals surface area (Å²) in [5.41, 5.74) is 6.56. The van der Waals surface area contributed by atoms with E-state index in [1.807, 2.05) is 0 Å². The summed E-state index contributed by atoms with van der Waals surface area (Å²) in [5, 5.41) is 14.4. The van der Waals surface area contributed by atoms with Crippen molar-refractivity contribution in [2.24, 2.45) is 0 Å². The zero-order valence-corrected chi connectivity index (χ0v) is 30.6. The summed E-state index contributed by atoms with van der Waals surface area (Å²) >= 11 is 0. The Kier molecular flexibility index (Phi) is 9.47. The molecule has 2 aromatic rings. The monoisotopic (exact) mass is 584 g/mol. The highest BCUT2D eigenvalue weighted by atomic mass is 28.4. The maximum atomic E-state index is 12.2. The minimum atomic E-state index is -2.26. The molecule has 0 saturated carbocycles. The van der Waals surface area contributed by atoms with Crippen molar-refractivity contribution in [1.29, 1.82) is 0 Å². The number of rotatable bonds is 9. The van der Waals surface area contributed by atoms with E-state index >= 15 is 0 Å². The molecule has 0 aromatic heterocycles. The Morgan fingerprint density at radius 2 is 1.48 bits per heavy atom. The average Bonchev–Trinajstić information content (AvgIpc) is 2.80. The van der Waals surface area contributed by atoms with Gasteiger partial charge in [0.05, 0.1) is 0 Å². The van der Waals surface area contributed by atoms with Gasteiger partial charge in [0.15, 0.2) is 8.32 Å². The summed E-state index contributed by atoms with van der Waals surface area (Å²) in [5.74, 6) is 1.29. The Morgan fingerprint density at radius 3 is 1.98 bits per heavy atom. The van der Waals surface area contributed by atoms with Crippen LogP contribution in [0.3, 0.4) is 0 Å². The smallest absolute Gasteiger partial charge is 0.258 e. The summed E-state index contributed by atoms with van der Waals surface area (Å²) < 4.78 is 14.1. The number of hydrogen-bond acceptors (Lipinski definition) is 3. The van der Waals surface area contributed by atoms with Crippen LogP contribution in [0.5, 0.6) is 11.5 Å². The molecule has 1 N–H and O–H groups in total. The van der Waals surface area contributed by atoms with Gasteiger partial charge in [0, 0.05) is 23.5 Å². The van der Waals surface area contributed by atoms with Crippen molar-refractivity contribution in [1.82, 2.24) is 0 Å². The number of aryl methyl sites for hydroxylation is 1. The Bertz CT molecular complexity index is 1200. The topological polar surface area (TPSA) is 38.7 Å². The standard InChI is InChI=1S/C35H60O3Si2/c1-22(2)40(23(3)4,24(5)6)38-31-20-28-26(8)27-17-16-18-35(12,13)30(27)19-29(28)33(36)32(31)25(7)21-37-39(14,15)34(9,10)11/h19-20,22-25,36H,16-18,21H2,1-15H3/t25-/m1/s1. The highest BCUT2D eigenvalue weighted by Gasteiger charge is 2.48. The molecule has 0 amide bonds. The second-order valence-corrected chi connectivity index (χ2v) is 26.1. The van der Waals surface area contributed by atoms with E-state index in [1.54, 1.807) is 0 Å². The van der Waals surface area contributed by atoms with Crippen LogP contribution in [0.4, 0.5) is 0 Å². The van der Waals surface area contributed by atoms with Gasteiger partial charge in [-0.15, -0.1) is 0 Å². The molecule has 0 heterocycles. The molecule has 0 aliphatic heterocycles. The van der Waals surface area contributed by atoms with Crippen LogP contribution in [0.1, 0.15) is 124 Å². The molecule has 226 valence electrons. The van der Waals surface area contributed by atoms with E-state index in [9.17, 15) is 5.11 Å². The Balaban J connectivity index is 2.31. The molecule has 0 fully saturated rings. The number of fused-ring (bicyclic) bond motifs is 2. The first-order chi connectivity index (χ1) is 18.2. The zero-order chi connectivity index (χ0) is 30.6. The molecule has 1 aliphatic rings. The van der Waals surface area contributed by atoms with Crippen molar-refractivity contribution >= 4 is 27.4 Å². The van der Waals surface area contributed by atoms with Crippen molar-refractivity contribution < 1.29 is 14.0 Å². The normalized spacial score (nSPS) is 17.1. The highest BCUT2D eigenvalue weighted by Crippen LogP contribution is 2.50. The molecule has 0 spiro atoms. The van der Waals surface area contributed by atoms with Crippen LogP contribution in [0, 0.1) is 6.92 Å². The number of benzene rings is 2. The predicted octanol–water partition coefficient (Wildman–Crippen LogP) is 11.1. The van der Waals surface area contributed by atoms with Gasteiger partial charge in [-0.2, -0.15) is 0 Å². The van der Waals surface area contributed by atoms with Gasteiger partial charge in [-0.05, 0) is 101 Å². The van der Waals surface area contributed by atoms with Crippen LogP contribution in [0.2, 0.25) is 34.8 Å². The number of phenols is 1. The third-order valence-electron chi connectivity index (χ3n) is 10.8. The molecule has 1 atom stereocenters. The molecular weight excluding hydrogens is 525 g/mol. The first-order valence-electron chi connectivity index (χ1n) is 15.8. The van der Waals surface area contributed by atoms with E-state index in [0.717, 1.165) is 28.5 Å². The fourth-order valence-corrected chi connectivity index (χ4v) is 13.6. The average molecular weight is 585 g/mol. The fourth-order valence-electron chi connectivity index (χ4n) is 7.23. The lowest BCUT2D eigenvalue weighted by Gasteiger charge is -2.43. The molecule has 5 heteroatoms. The SMILES string of the molecule is Cc1c2c(cc3c(O)c([C@H](C)CO[Si](C)(C)C(C)(C)C)c(O[Si](C(C)C)(C(C)C)C(C)C)cc13)C(C)(C)CCC2. The second kappa shape index (κ2) is 11.4. The van der Waals surface area contributed by atoms with E-state index in [0.29, 0.717) is 29.0 Å². The molecule has 3 nitrogen and oxygen atoms in total. The third-order valence-corrected chi connectivity index (χ3v) is 21.2. The quantitative estimate of drug-likeness (QED) is 0.298. The lowest BCUT2D eigenvalue weighted by atomic mass is 9.70. The van der Waals surface area contributed by atoms with Gasteiger partial charge in [0.25, 0.3) is 8.32 Å². The van der Waals surface area contributed by atoms with E-state index in [1.165, 1.54) is 29.5 Å². The largest absolute Gasteiger partial charge is 0.542 e. The van der Waals surface area contributed by atoms with Crippen molar-refractivity contribution in [3.63, 3.8) is 0 Å². The molecule has 1 aliphatic carbocycles. The van der Waals surface area contributed by atoms with Gasteiger partial charge in [0.1, 0.15) is 11.5 Å². The van der Waals surface area contributed by atoms with Crippen molar-refractivity contribution in [3.05, 3.63) is 34.4 Å². The molecule has 0 bridgehead atoms. The van der Waals surface area contributed by atoms with Gasteiger partial charge in [0.2, 0.25) is 0 Å². The second-order valence-electron chi connectivity index (χ2n) is 15.9. The van der Waals surface area contributed by atoms with Crippen LogP contribution >= 0.6 is 0 Å². The van der Waals surface area contributed by atoms with Crippen LogP contribution in [0.15, 0.2) is 12.1 Å². The summed E-state index contributed by atoms with van der Waals surface area (Å²) in [4.78, 5) is 0. The minimum absolute atomic E-state index is 0.0102. The zero-order valence-electron chi connectivity index (χ0n) is 28.6. The Hall–Kier alpha value is -1.31. The summed E-state index contributed by atoms with van der Waals surface area (Å²) in [6.45, 7) is 35.2. The van der Waals surface area contributed by atoms with Crippen LogP contribution in [-0.4, -0.2) is 28.3 Å². The third kappa shape index (κ3) is 5.81. The molecule has 0 radical (unpaired) electrons. The number of phenolic OH excluding ortho intramolecular Hbond substituents is 1. The molecule has 0 unspecified atom stereocenters. The lowest BCUT2D eigenvalue weighted by Crippen LogP contribution is -2.51. The number of aromatic hydroxyl groups is 1. The van der Waals surface area contributed by atoms with Crippen molar-refractivity contribution in [2.75, 3.05) is 6.61 Å². The van der Waals surface area contributed by atoms with E-state index < -0.39 is 16.6 Å². The van der Waals surface area contributed by atoms with E-state index in [2.05, 4.69) is 115 Å². The molecular formula is C35H60O3Si2. The minimum Gasteiger partial charge on any atom is -0.542 e. The summed E-state index contributed by atoms with van der Waals surface area (Å²) in [7, 11) is -4.21. The Morgan fingerprint density at radius 1 is 0.925 bits per heavy atom. The summed E-state index contributed by atoms with van der Waals surface area (Å²) in [6, 6.07) is 4.60. The molecule has 40 heavy (non-hydrogen) atoms. The van der Waals surface area contributed by atoms with Gasteiger partial charge < -0.3 is 14.0 Å². The molecule has 3 rings (SSSR count). The maximum Gasteiger partial charge on any atom is 0.258 e. The molecule has 2 aromatic carbocycles. The molecule has 0 saturated heterocycles. The van der Waals surface area contributed by atoms with Crippen LogP contribution in [-0.2, 0) is 16.3 Å². The van der Waals surface area contributed by atoms with Crippen LogP contribution < -0.4 is 4.43 Å². The fraction of sp³-hybridized carbons (Fsp3) is 0.714. The summed E-state index contributed by atoms with van der Waals surface area (Å²) in [6.07, 6.45) is 3.51. The maximum absolute atomic E-state index is 12.2.